The quantitative estimate of drug-likeness (QED) is 0.696. The molecule has 1 unspecified atom stereocenters. The molecule has 2 nitrogen and oxygen atoms in total. The van der Waals surface area contributed by atoms with E-state index in [2.05, 4.69) is 18.5 Å². The second kappa shape index (κ2) is 4.94. The van der Waals surface area contributed by atoms with Crippen molar-refractivity contribution in [1.29, 1.82) is 0 Å². The predicted molar refractivity (Wildman–Crippen MR) is 58.1 cm³/mol. The Labute approximate surface area is 83.0 Å². The number of hydrogen-bond acceptors (Lipinski definition) is 3. The van der Waals surface area contributed by atoms with Gasteiger partial charge in [0.15, 0.2) is 5.56 Å². The van der Waals surface area contributed by atoms with Crippen LogP contribution in [0.25, 0.3) is 0 Å². The number of hydrogen-bond donors (Lipinski definition) is 1. The summed E-state index contributed by atoms with van der Waals surface area (Å²) < 4.78 is 5.13. The highest BCUT2D eigenvalue weighted by Crippen LogP contribution is 2.25. The Morgan fingerprint density at radius 2 is 2.46 bits per heavy atom. The summed E-state index contributed by atoms with van der Waals surface area (Å²) in [6, 6.07) is 0. The van der Waals surface area contributed by atoms with E-state index in [9.17, 15) is 0 Å². The Hall–Kier alpha value is -0.930. The number of ether oxygens (including phenoxy) is 1. The van der Waals surface area contributed by atoms with E-state index in [0.29, 0.717) is 0 Å². The average Bonchev–Trinajstić information content (AvgIpc) is 2.62. The van der Waals surface area contributed by atoms with Gasteiger partial charge in [-0.05, 0) is 11.0 Å². The molecule has 0 aromatic rings. The molecule has 1 aliphatic heterocycles. The van der Waals surface area contributed by atoms with Gasteiger partial charge in [-0.2, -0.15) is 0 Å². The molecule has 3 heteroatoms. The summed E-state index contributed by atoms with van der Waals surface area (Å²) in [5.41, 5.74) is 2.08. The molecule has 13 heavy (non-hydrogen) atoms. The summed E-state index contributed by atoms with van der Waals surface area (Å²) in [7, 11) is 1.67. The largest absolute Gasteiger partial charge is 0.352 e. The van der Waals surface area contributed by atoms with E-state index < -0.39 is 0 Å². The Morgan fingerprint density at radius 3 is 2.92 bits per heavy atom. The summed E-state index contributed by atoms with van der Waals surface area (Å²) in [5, 5.41) is 5.21. The lowest BCUT2D eigenvalue weighted by atomic mass is 10.2. The van der Waals surface area contributed by atoms with Crippen molar-refractivity contribution in [3.63, 3.8) is 0 Å². The normalized spacial score (nSPS) is 22.1. The first kappa shape index (κ1) is 10.2. The molecule has 0 aromatic heterocycles. The Balaban J connectivity index is 2.68. The van der Waals surface area contributed by atoms with Gasteiger partial charge in [0.25, 0.3) is 0 Å². The molecule has 1 heterocycles. The summed E-state index contributed by atoms with van der Waals surface area (Å²) in [4.78, 5) is 0. The molecule has 1 aliphatic rings. The van der Waals surface area contributed by atoms with Crippen molar-refractivity contribution in [2.24, 2.45) is 0 Å². The number of rotatable bonds is 4. The van der Waals surface area contributed by atoms with Crippen molar-refractivity contribution in [3.05, 3.63) is 48.1 Å². The Kier molecular flexibility index (Phi) is 3.86. The fourth-order valence-electron chi connectivity index (χ4n) is 0.985. The molecule has 1 N–H and O–H groups in total. The van der Waals surface area contributed by atoms with Crippen LogP contribution in [0.2, 0.25) is 0 Å². The van der Waals surface area contributed by atoms with E-state index in [1.165, 1.54) is 0 Å². The van der Waals surface area contributed by atoms with Crippen molar-refractivity contribution in [2.45, 2.75) is 5.56 Å². The van der Waals surface area contributed by atoms with Crippen molar-refractivity contribution in [2.75, 3.05) is 7.11 Å². The second-order valence-electron chi connectivity index (χ2n) is 2.44. The van der Waals surface area contributed by atoms with Gasteiger partial charge in [0.05, 0.1) is 5.70 Å². The van der Waals surface area contributed by atoms with Crippen LogP contribution in [0.15, 0.2) is 48.1 Å². The highest BCUT2D eigenvalue weighted by Gasteiger charge is 2.16. The van der Waals surface area contributed by atoms with E-state index in [0.717, 1.165) is 11.3 Å². The monoisotopic (exact) mass is 195 g/mol. The van der Waals surface area contributed by atoms with Crippen LogP contribution in [0.1, 0.15) is 0 Å². The maximum atomic E-state index is 5.13. The Bertz CT molecular complexity index is 268. The fourth-order valence-corrected chi connectivity index (χ4v) is 1.76. The minimum Gasteiger partial charge on any atom is -0.352 e. The predicted octanol–water partition coefficient (Wildman–Crippen LogP) is 2.39. The summed E-state index contributed by atoms with van der Waals surface area (Å²) in [6.45, 7) is 7.37. The third kappa shape index (κ3) is 2.50. The first-order chi connectivity index (χ1) is 6.31. The third-order valence-electron chi connectivity index (χ3n) is 1.63. The van der Waals surface area contributed by atoms with Crippen LogP contribution in [0.3, 0.4) is 0 Å². The molecule has 0 radical (unpaired) electrons. The van der Waals surface area contributed by atoms with Crippen LogP contribution in [0.5, 0.6) is 0 Å². The van der Waals surface area contributed by atoms with Crippen LogP contribution in [0.4, 0.5) is 0 Å². The molecule has 70 valence electrons. The molecule has 0 bridgehead atoms. The molecule has 0 saturated heterocycles. The lowest BCUT2D eigenvalue weighted by Gasteiger charge is -2.10. The third-order valence-corrected chi connectivity index (χ3v) is 2.55. The highest BCUT2D eigenvalue weighted by molar-refractivity contribution is 8.02. The van der Waals surface area contributed by atoms with Crippen molar-refractivity contribution in [3.8, 4) is 0 Å². The van der Waals surface area contributed by atoms with Crippen molar-refractivity contribution >= 4 is 11.8 Å². The lowest BCUT2D eigenvalue weighted by Crippen LogP contribution is -2.22. The zero-order valence-corrected chi connectivity index (χ0v) is 8.43. The molecule has 0 amide bonds. The van der Waals surface area contributed by atoms with Gasteiger partial charge >= 0.3 is 0 Å². The first-order valence-electron chi connectivity index (χ1n) is 3.92. The summed E-state index contributed by atoms with van der Waals surface area (Å²) in [5.74, 6) is 0. The van der Waals surface area contributed by atoms with Gasteiger partial charge in [0, 0.05) is 7.11 Å². The van der Waals surface area contributed by atoms with Crippen LogP contribution in [-0.4, -0.2) is 12.7 Å². The molecule has 1 atom stereocenters. The molecule has 0 aromatic carbocycles. The highest BCUT2D eigenvalue weighted by atomic mass is 32.2. The number of allylic oxidation sites excluding steroid dienone is 3. The average molecular weight is 195 g/mol. The van der Waals surface area contributed by atoms with Crippen LogP contribution in [0, 0.1) is 0 Å². The minimum atomic E-state index is 0.0168. The van der Waals surface area contributed by atoms with Gasteiger partial charge in [0.2, 0.25) is 0 Å². The van der Waals surface area contributed by atoms with Crippen molar-refractivity contribution in [1.82, 2.24) is 5.32 Å². The van der Waals surface area contributed by atoms with Crippen LogP contribution in [-0.2, 0) is 4.74 Å². The smallest absolute Gasteiger partial charge is 0.179 e. The van der Waals surface area contributed by atoms with E-state index in [4.69, 9.17) is 4.74 Å². The van der Waals surface area contributed by atoms with Gasteiger partial charge in [-0.3, -0.25) is 0 Å². The van der Waals surface area contributed by atoms with Crippen molar-refractivity contribution < 1.29 is 4.74 Å². The Morgan fingerprint density at radius 1 is 1.69 bits per heavy atom. The van der Waals surface area contributed by atoms with Gasteiger partial charge in [0.1, 0.15) is 0 Å². The molecule has 0 aliphatic carbocycles. The molecule has 0 saturated carbocycles. The first-order valence-corrected chi connectivity index (χ1v) is 4.86. The maximum Gasteiger partial charge on any atom is 0.179 e. The zero-order valence-electron chi connectivity index (χ0n) is 7.62. The van der Waals surface area contributed by atoms with Gasteiger partial charge in [-0.1, -0.05) is 43.1 Å². The van der Waals surface area contributed by atoms with Gasteiger partial charge in [-0.15, -0.1) is 0 Å². The summed E-state index contributed by atoms with van der Waals surface area (Å²) in [6.07, 6.45) is 5.44. The molecule has 0 fully saturated rings. The minimum absolute atomic E-state index is 0.0168. The molecule has 0 spiro atoms. The number of methoxy groups -OCH3 is 1. The van der Waals surface area contributed by atoms with Crippen LogP contribution >= 0.6 is 11.8 Å². The fraction of sp³-hybridized carbons (Fsp3) is 0.200. The lowest BCUT2D eigenvalue weighted by molar-refractivity contribution is 0.158. The van der Waals surface area contributed by atoms with Gasteiger partial charge < -0.3 is 10.1 Å². The van der Waals surface area contributed by atoms with E-state index >= 15 is 0 Å². The molecule has 1 rings (SSSR count). The topological polar surface area (TPSA) is 21.3 Å². The SMILES string of the molecule is C=C/C=C(\C=C)C1=CSC(OC)N1. The van der Waals surface area contributed by atoms with Crippen LogP contribution < -0.4 is 5.32 Å². The maximum absolute atomic E-state index is 5.13. The van der Waals surface area contributed by atoms with Gasteiger partial charge in [-0.25, -0.2) is 0 Å². The molecular weight excluding hydrogens is 182 g/mol. The van der Waals surface area contributed by atoms with E-state index in [1.54, 1.807) is 31.0 Å². The summed E-state index contributed by atoms with van der Waals surface area (Å²) >= 11 is 1.60. The standard InChI is InChI=1S/C10H13NOS/c1-4-6-8(5-2)9-7-13-10(11-9)12-3/h4-7,10-11H,1-2H2,3H3/b8-6+. The second-order valence-corrected chi connectivity index (χ2v) is 3.38. The number of nitrogens with one attached hydrogen (secondary N) is 1. The molecular formula is C10H13NOS. The number of thioether (sulfide) groups is 1. The zero-order chi connectivity index (χ0) is 9.68. The van der Waals surface area contributed by atoms with E-state index in [-0.39, 0.29) is 5.56 Å². The van der Waals surface area contributed by atoms with E-state index in [1.807, 2.05) is 11.5 Å².